The van der Waals surface area contributed by atoms with Crippen LogP contribution in [-0.4, -0.2) is 68.5 Å². The van der Waals surface area contributed by atoms with Gasteiger partial charge in [-0.15, -0.1) is 12.6 Å². The number of halogens is 3. The van der Waals surface area contributed by atoms with Gasteiger partial charge in [-0.25, -0.2) is 14.8 Å². The summed E-state index contributed by atoms with van der Waals surface area (Å²) < 4.78 is 52.3. The Hall–Kier alpha value is -4.06. The number of alkyl halides is 3. The second-order valence-electron chi connectivity index (χ2n) is 11.5. The zero-order chi connectivity index (χ0) is 31.3. The summed E-state index contributed by atoms with van der Waals surface area (Å²) in [6, 6.07) is 5.25. The number of rotatable bonds is 4. The van der Waals surface area contributed by atoms with Crippen molar-refractivity contribution in [3.05, 3.63) is 41.9 Å². The zero-order valence-corrected chi connectivity index (χ0v) is 24.5. The summed E-state index contributed by atoms with van der Waals surface area (Å²) in [6.45, 7) is 6.32. The number of aromatic nitrogens is 2. The number of Topliss-reactive ketones (excluding diaryl/α,β-unsaturated/α-hetero) is 1. The van der Waals surface area contributed by atoms with Crippen LogP contribution < -0.4 is 14.5 Å². The number of carbonyl (C=O) groups excluding carboxylic acids is 3. The van der Waals surface area contributed by atoms with Crippen LogP contribution in [-0.2, 0) is 20.5 Å². The highest BCUT2D eigenvalue weighted by molar-refractivity contribution is 7.81. The summed E-state index contributed by atoms with van der Waals surface area (Å²) >= 11 is 4.55. The third kappa shape index (κ3) is 5.55. The minimum absolute atomic E-state index is 0.118. The minimum Gasteiger partial charge on any atom is -0.474 e. The molecule has 3 fully saturated rings. The summed E-state index contributed by atoms with van der Waals surface area (Å²) in [7, 11) is 0. The molecule has 0 aromatic carbocycles. The number of hydrogen-bond acceptors (Lipinski definition) is 10. The van der Waals surface area contributed by atoms with E-state index in [1.165, 1.54) is 17.2 Å². The highest BCUT2D eigenvalue weighted by Gasteiger charge is 2.66. The molecule has 0 radical (unpaired) electrons. The molecule has 2 aromatic heterocycles. The Kier molecular flexibility index (Phi) is 7.70. The third-order valence-corrected chi connectivity index (χ3v) is 8.03. The Labute approximate surface area is 251 Å². The fraction of sp³-hybridized carbons (Fsp3) is 0.500. The first-order valence-corrected chi connectivity index (χ1v) is 14.1. The van der Waals surface area contributed by atoms with Crippen molar-refractivity contribution in [3.8, 4) is 11.9 Å². The summed E-state index contributed by atoms with van der Waals surface area (Å²) in [4.78, 5) is 50.9. The van der Waals surface area contributed by atoms with E-state index >= 15 is 0 Å². The van der Waals surface area contributed by atoms with Crippen LogP contribution in [0.1, 0.15) is 57.7 Å². The van der Waals surface area contributed by atoms with Crippen molar-refractivity contribution in [2.75, 3.05) is 22.9 Å². The smallest absolute Gasteiger partial charge is 0.419 e. The van der Waals surface area contributed by atoms with E-state index in [0.717, 1.165) is 11.1 Å². The Morgan fingerprint density at radius 2 is 1.79 bits per heavy atom. The first kappa shape index (κ1) is 30.4. The number of likely N-dealkylation sites (tertiary alicyclic amines) is 1. The van der Waals surface area contributed by atoms with Gasteiger partial charge in [0, 0.05) is 38.4 Å². The van der Waals surface area contributed by atoms with Gasteiger partial charge in [0.05, 0.1) is 29.3 Å². The molecule has 228 valence electrons. The van der Waals surface area contributed by atoms with Crippen molar-refractivity contribution < 1.29 is 37.0 Å². The molecule has 43 heavy (non-hydrogen) atoms. The van der Waals surface area contributed by atoms with E-state index in [2.05, 4.69) is 22.6 Å². The van der Waals surface area contributed by atoms with Crippen LogP contribution in [0.5, 0.6) is 5.88 Å². The Bertz CT molecular complexity index is 1480. The largest absolute Gasteiger partial charge is 0.474 e. The maximum atomic E-state index is 13.7. The lowest BCUT2D eigenvalue weighted by atomic mass is 9.74. The Balaban J connectivity index is 1.34. The number of carbonyl (C=O) groups is 3. The van der Waals surface area contributed by atoms with Gasteiger partial charge in [0.25, 0.3) is 5.91 Å². The lowest BCUT2D eigenvalue weighted by molar-refractivity contribution is -0.140. The van der Waals surface area contributed by atoms with E-state index in [1.807, 2.05) is 0 Å². The van der Waals surface area contributed by atoms with Gasteiger partial charge in [-0.1, -0.05) is 0 Å². The van der Waals surface area contributed by atoms with E-state index in [-0.39, 0.29) is 36.6 Å². The second kappa shape index (κ2) is 10.9. The van der Waals surface area contributed by atoms with Gasteiger partial charge in [-0.05, 0) is 39.3 Å². The molecule has 2 saturated heterocycles. The molecule has 2 amide bonds. The molecular weight excluding hydrogens is 589 g/mol. The van der Waals surface area contributed by atoms with Crippen LogP contribution in [0.3, 0.4) is 0 Å². The van der Waals surface area contributed by atoms with Crippen LogP contribution in [0.15, 0.2) is 30.6 Å². The number of ether oxygens (including phenoxy) is 2. The molecule has 4 heterocycles. The average molecular weight is 619 g/mol. The van der Waals surface area contributed by atoms with E-state index in [0.29, 0.717) is 37.7 Å². The molecule has 2 unspecified atom stereocenters. The zero-order valence-electron chi connectivity index (χ0n) is 23.6. The summed E-state index contributed by atoms with van der Waals surface area (Å²) in [6.07, 6.45) is -1.69. The molecule has 2 aromatic rings. The van der Waals surface area contributed by atoms with E-state index in [1.54, 1.807) is 37.8 Å². The van der Waals surface area contributed by atoms with E-state index < -0.39 is 45.8 Å². The number of hydrogen-bond donors (Lipinski definition) is 1. The standard InChI is InChI=1S/C28H29F3N6O5S/c1-26(2,3)42-25(40)35-10-7-18(8-11-35)41-22-5-4-16(14-34-22)37-24(43)36(23(39)27(37)9-6-21(27)38)17-12-19(28(29,30)31)20(13-32)33-15-17/h4-5,12,14-15,18,24,43H,6-11H2,1-3H3. The van der Waals surface area contributed by atoms with Crippen LogP contribution in [0.2, 0.25) is 0 Å². The first-order chi connectivity index (χ1) is 20.2. The average Bonchev–Trinajstić information content (AvgIpc) is 3.19. The van der Waals surface area contributed by atoms with Gasteiger partial charge in [-0.3, -0.25) is 14.5 Å². The van der Waals surface area contributed by atoms with Crippen LogP contribution in [0, 0.1) is 11.3 Å². The van der Waals surface area contributed by atoms with Crippen LogP contribution in [0.25, 0.3) is 0 Å². The molecule has 2 aliphatic heterocycles. The fourth-order valence-corrected chi connectivity index (χ4v) is 5.97. The monoisotopic (exact) mass is 618 g/mol. The fourth-order valence-electron chi connectivity index (χ4n) is 5.40. The van der Waals surface area contributed by atoms with E-state index in [4.69, 9.17) is 14.7 Å². The van der Waals surface area contributed by atoms with Crippen molar-refractivity contribution in [3.63, 3.8) is 0 Å². The molecule has 15 heteroatoms. The molecule has 3 aliphatic rings. The first-order valence-electron chi connectivity index (χ1n) is 13.6. The Morgan fingerprint density at radius 1 is 1.12 bits per heavy atom. The molecule has 1 spiro atoms. The predicted molar refractivity (Wildman–Crippen MR) is 149 cm³/mol. The summed E-state index contributed by atoms with van der Waals surface area (Å²) in [5.74, 6) is -0.841. The van der Waals surface area contributed by atoms with Crippen molar-refractivity contribution in [1.29, 1.82) is 5.26 Å². The quantitative estimate of drug-likeness (QED) is 0.394. The van der Waals surface area contributed by atoms with Gasteiger partial charge in [0.2, 0.25) is 5.88 Å². The Morgan fingerprint density at radius 3 is 2.30 bits per heavy atom. The van der Waals surface area contributed by atoms with Crippen molar-refractivity contribution in [2.45, 2.75) is 75.4 Å². The number of pyridine rings is 2. The molecule has 11 nitrogen and oxygen atoms in total. The van der Waals surface area contributed by atoms with E-state index in [9.17, 15) is 27.6 Å². The number of ketones is 1. The number of amides is 2. The van der Waals surface area contributed by atoms with Crippen molar-refractivity contribution in [1.82, 2.24) is 14.9 Å². The molecule has 0 N–H and O–H groups in total. The third-order valence-electron chi connectivity index (χ3n) is 7.56. The SMILES string of the molecule is CC(C)(C)OC(=O)N1CCC(Oc2ccc(N3C(S)N(c4cnc(C#N)c(C(F)(F)F)c4)C(=O)C34CCC4=O)cn2)CC1. The highest BCUT2D eigenvalue weighted by atomic mass is 32.1. The van der Waals surface area contributed by atoms with Gasteiger partial charge >= 0.3 is 12.3 Å². The molecule has 5 rings (SSSR count). The molecule has 0 bridgehead atoms. The van der Waals surface area contributed by atoms with Crippen molar-refractivity contribution in [2.24, 2.45) is 0 Å². The number of thiol groups is 1. The van der Waals surface area contributed by atoms with Crippen LogP contribution >= 0.6 is 12.6 Å². The summed E-state index contributed by atoms with van der Waals surface area (Å²) in [5.41, 5.74) is -5.45. The number of piperidine rings is 1. The van der Waals surface area contributed by atoms with Gasteiger partial charge in [0.1, 0.15) is 17.8 Å². The van der Waals surface area contributed by atoms with Gasteiger partial charge in [0.15, 0.2) is 22.5 Å². The maximum absolute atomic E-state index is 13.7. The van der Waals surface area contributed by atoms with Gasteiger partial charge in [-0.2, -0.15) is 18.4 Å². The summed E-state index contributed by atoms with van der Waals surface area (Å²) in [5, 5.41) is 9.10. The normalized spacial score (nSPS) is 22.9. The maximum Gasteiger partial charge on any atom is 0.419 e. The molecular formula is C28H29F3N6O5S. The molecule has 1 aliphatic carbocycles. The second-order valence-corrected chi connectivity index (χ2v) is 12.0. The lowest BCUT2D eigenvalue weighted by Gasteiger charge is -2.42. The number of anilines is 2. The van der Waals surface area contributed by atoms with Crippen LogP contribution in [0.4, 0.5) is 29.3 Å². The lowest BCUT2D eigenvalue weighted by Crippen LogP contribution is -2.63. The predicted octanol–water partition coefficient (Wildman–Crippen LogP) is 4.31. The number of nitrogens with zero attached hydrogens (tertiary/aromatic N) is 6. The molecule has 2 atom stereocenters. The number of nitriles is 1. The highest BCUT2D eigenvalue weighted by Crippen LogP contribution is 2.48. The molecule has 1 saturated carbocycles. The topological polar surface area (TPSA) is 129 Å². The minimum atomic E-state index is -4.89. The van der Waals surface area contributed by atoms with Crippen molar-refractivity contribution >= 4 is 41.8 Å². The van der Waals surface area contributed by atoms with Gasteiger partial charge < -0.3 is 19.3 Å².